The van der Waals surface area contributed by atoms with Gasteiger partial charge in [-0.1, -0.05) is 12.1 Å². The lowest BCUT2D eigenvalue weighted by molar-refractivity contribution is 0.407. The van der Waals surface area contributed by atoms with Gasteiger partial charge in [0, 0.05) is 34.2 Å². The molecule has 6 heteroatoms. The number of hydrogen-bond donors (Lipinski definition) is 4. The van der Waals surface area contributed by atoms with Crippen LogP contribution in [0.25, 0.3) is 43.8 Å². The first-order chi connectivity index (χ1) is 17.4. The predicted octanol–water partition coefficient (Wildman–Crippen LogP) is 6.27. The van der Waals surface area contributed by atoms with E-state index in [2.05, 4.69) is 0 Å². The fourth-order valence-electron chi connectivity index (χ4n) is 5.47. The lowest BCUT2D eigenvalue weighted by Crippen LogP contribution is -2.05. The second-order valence-corrected chi connectivity index (χ2v) is 9.07. The molecule has 0 saturated heterocycles. The molecule has 0 spiro atoms. The number of hydrogen-bond acceptors (Lipinski definition) is 6. The van der Waals surface area contributed by atoms with E-state index >= 15 is 0 Å². The van der Waals surface area contributed by atoms with Crippen LogP contribution in [0.4, 0.5) is 0 Å². The molecule has 36 heavy (non-hydrogen) atoms. The summed E-state index contributed by atoms with van der Waals surface area (Å²) in [5.41, 5.74) is 4.62. The Kier molecular flexibility index (Phi) is 4.86. The van der Waals surface area contributed by atoms with Crippen LogP contribution < -0.4 is 9.47 Å². The first kappa shape index (κ1) is 21.9. The number of aromatic hydroxyl groups is 4. The molecule has 0 amide bonds. The second kappa shape index (κ2) is 7.99. The van der Waals surface area contributed by atoms with Crippen LogP contribution in [0.3, 0.4) is 0 Å². The first-order valence-corrected chi connectivity index (χ1v) is 11.6. The zero-order valence-corrected chi connectivity index (χ0v) is 19.8. The van der Waals surface area contributed by atoms with Crippen molar-refractivity contribution in [2.24, 2.45) is 0 Å². The molecular formula is C30H24O6. The molecule has 0 heterocycles. The van der Waals surface area contributed by atoms with Gasteiger partial charge in [-0.3, -0.25) is 0 Å². The minimum atomic E-state index is 0.0365. The molecule has 0 aliphatic heterocycles. The number of rotatable bonds is 3. The van der Waals surface area contributed by atoms with Gasteiger partial charge in [-0.2, -0.15) is 0 Å². The molecule has 6 nitrogen and oxygen atoms in total. The Morgan fingerprint density at radius 1 is 0.611 bits per heavy atom. The minimum absolute atomic E-state index is 0.0365. The summed E-state index contributed by atoms with van der Waals surface area (Å²) >= 11 is 0. The van der Waals surface area contributed by atoms with Crippen molar-refractivity contribution in [3.8, 4) is 56.8 Å². The average Bonchev–Trinajstić information content (AvgIpc) is 2.87. The maximum absolute atomic E-state index is 11.2. The molecule has 0 radical (unpaired) electrons. The van der Waals surface area contributed by atoms with E-state index < -0.39 is 0 Å². The molecule has 180 valence electrons. The zero-order chi connectivity index (χ0) is 25.1. The summed E-state index contributed by atoms with van der Waals surface area (Å²) in [4.78, 5) is 0. The number of benzene rings is 5. The lowest BCUT2D eigenvalue weighted by Gasteiger charge is -2.24. The summed E-state index contributed by atoms with van der Waals surface area (Å²) in [5, 5.41) is 45.8. The molecule has 5 aromatic rings. The van der Waals surface area contributed by atoms with Crippen LogP contribution in [0, 0.1) is 0 Å². The summed E-state index contributed by atoms with van der Waals surface area (Å²) in [6, 6.07) is 17.4. The van der Waals surface area contributed by atoms with Crippen molar-refractivity contribution in [3.63, 3.8) is 0 Å². The summed E-state index contributed by atoms with van der Waals surface area (Å²) < 4.78 is 11.0. The molecule has 0 unspecified atom stereocenters. The number of phenolic OH excluding ortho intramolecular Hbond substituents is 4. The van der Waals surface area contributed by atoms with Crippen LogP contribution >= 0.6 is 0 Å². The zero-order valence-electron chi connectivity index (χ0n) is 19.8. The van der Waals surface area contributed by atoms with Gasteiger partial charge in [0.25, 0.3) is 0 Å². The third-order valence-corrected chi connectivity index (χ3v) is 7.10. The maximum atomic E-state index is 11.2. The molecule has 4 N–H and O–H groups in total. The van der Waals surface area contributed by atoms with Crippen LogP contribution in [0.2, 0.25) is 0 Å². The topological polar surface area (TPSA) is 99.4 Å². The minimum Gasteiger partial charge on any atom is -0.508 e. The molecule has 0 saturated carbocycles. The molecule has 1 aliphatic carbocycles. The third kappa shape index (κ3) is 3.18. The summed E-state index contributed by atoms with van der Waals surface area (Å²) in [6.45, 7) is 0. The van der Waals surface area contributed by atoms with E-state index in [-0.39, 0.29) is 23.0 Å². The van der Waals surface area contributed by atoms with Crippen molar-refractivity contribution in [3.05, 3.63) is 71.8 Å². The van der Waals surface area contributed by atoms with Gasteiger partial charge in [0.15, 0.2) is 0 Å². The quantitative estimate of drug-likeness (QED) is 0.227. The third-order valence-electron chi connectivity index (χ3n) is 7.10. The average molecular weight is 481 g/mol. The van der Waals surface area contributed by atoms with Gasteiger partial charge in [-0.25, -0.2) is 0 Å². The highest BCUT2D eigenvalue weighted by Crippen LogP contribution is 2.50. The maximum Gasteiger partial charge on any atom is 0.131 e. The molecule has 0 aromatic heterocycles. The second-order valence-electron chi connectivity index (χ2n) is 9.07. The number of ether oxygens (including phenoxy) is 2. The van der Waals surface area contributed by atoms with Gasteiger partial charge in [0.05, 0.1) is 14.2 Å². The summed E-state index contributed by atoms with van der Waals surface area (Å²) in [7, 11) is 3.09. The van der Waals surface area contributed by atoms with Gasteiger partial charge in [0.1, 0.15) is 34.5 Å². The van der Waals surface area contributed by atoms with E-state index in [1.54, 1.807) is 43.5 Å². The number of aryl methyl sites for hydroxylation is 2. The molecule has 0 fully saturated rings. The highest BCUT2D eigenvalue weighted by molar-refractivity contribution is 6.16. The largest absolute Gasteiger partial charge is 0.508 e. The van der Waals surface area contributed by atoms with E-state index in [9.17, 15) is 20.4 Å². The van der Waals surface area contributed by atoms with E-state index in [0.29, 0.717) is 39.8 Å². The predicted molar refractivity (Wildman–Crippen MR) is 139 cm³/mol. The Morgan fingerprint density at radius 2 is 1.39 bits per heavy atom. The van der Waals surface area contributed by atoms with Gasteiger partial charge >= 0.3 is 0 Å². The molecule has 5 aromatic carbocycles. The molecule has 0 bridgehead atoms. The number of phenols is 4. The van der Waals surface area contributed by atoms with Crippen LogP contribution in [0.15, 0.2) is 60.7 Å². The molecule has 0 atom stereocenters. The van der Waals surface area contributed by atoms with Crippen LogP contribution in [0.1, 0.15) is 11.1 Å². The van der Waals surface area contributed by atoms with E-state index in [1.165, 1.54) is 7.11 Å². The number of fused-ring (bicyclic) bond motifs is 6. The Labute approximate surface area is 207 Å². The monoisotopic (exact) mass is 480 g/mol. The fraction of sp³-hybridized carbons (Fsp3) is 0.133. The van der Waals surface area contributed by atoms with Crippen molar-refractivity contribution in [1.29, 1.82) is 0 Å². The smallest absolute Gasteiger partial charge is 0.131 e. The van der Waals surface area contributed by atoms with Gasteiger partial charge in [-0.05, 0) is 82.1 Å². The van der Waals surface area contributed by atoms with Crippen LogP contribution in [0.5, 0.6) is 34.5 Å². The van der Waals surface area contributed by atoms with Gasteiger partial charge in [-0.15, -0.1) is 0 Å². The van der Waals surface area contributed by atoms with E-state index in [0.717, 1.165) is 39.4 Å². The van der Waals surface area contributed by atoms with Crippen LogP contribution in [-0.2, 0) is 12.8 Å². The van der Waals surface area contributed by atoms with E-state index in [4.69, 9.17) is 9.47 Å². The Bertz CT molecular complexity index is 1700. The standard InChI is InChI=1S/C30H24O6/c1-35-19-10-17-4-3-16-11-24(32)23(13-22(16)28(17)25(33)12-19)30-21-7-5-15-9-18(31)6-8-20(15)29(21)26(34)14-27(30)36-2/h5-14,31-34H,3-4H2,1-2H3. The van der Waals surface area contributed by atoms with E-state index in [1.807, 2.05) is 24.3 Å². The molecule has 6 rings (SSSR count). The van der Waals surface area contributed by atoms with Crippen LogP contribution in [-0.4, -0.2) is 34.6 Å². The van der Waals surface area contributed by atoms with Crippen molar-refractivity contribution in [2.45, 2.75) is 12.8 Å². The normalized spacial score (nSPS) is 12.4. The summed E-state index contributed by atoms with van der Waals surface area (Å²) in [5.74, 6) is 1.38. The van der Waals surface area contributed by atoms with Crippen molar-refractivity contribution >= 4 is 21.5 Å². The van der Waals surface area contributed by atoms with Gasteiger partial charge < -0.3 is 29.9 Å². The van der Waals surface area contributed by atoms with Gasteiger partial charge in [0.2, 0.25) is 0 Å². The Morgan fingerprint density at radius 3 is 2.17 bits per heavy atom. The highest BCUT2D eigenvalue weighted by Gasteiger charge is 2.25. The van der Waals surface area contributed by atoms with Crippen molar-refractivity contribution in [1.82, 2.24) is 0 Å². The molecule has 1 aliphatic rings. The highest BCUT2D eigenvalue weighted by atomic mass is 16.5. The SMILES string of the molecule is COc1cc(O)c2c(c1)CCc1cc(O)c(-c3c(OC)cc(O)c4c3ccc3cc(O)ccc34)cc1-2. The Hall–Kier alpha value is -4.58. The van der Waals surface area contributed by atoms with Crippen molar-refractivity contribution in [2.75, 3.05) is 14.2 Å². The number of methoxy groups -OCH3 is 2. The summed E-state index contributed by atoms with van der Waals surface area (Å²) in [6.07, 6.45) is 1.43. The first-order valence-electron chi connectivity index (χ1n) is 11.6. The molecular weight excluding hydrogens is 456 g/mol. The van der Waals surface area contributed by atoms with Crippen molar-refractivity contribution < 1.29 is 29.9 Å². The fourth-order valence-corrected chi connectivity index (χ4v) is 5.47. The lowest BCUT2D eigenvalue weighted by atomic mass is 9.82. The Balaban J connectivity index is 1.68.